The standard InChI is InChI=1S/C26H27FNO5S2/c1-28(13-2-5-22(30)19-8-10-20(27)11-9-19)14-12-21(17-28)33-25(31)26(32-18-29,23-6-3-15-34-23)24-7-4-16-35-24/h3-4,6-11,15-16,18,21H,2,5,12-14,17H2,1H3/q+1/t21-,28?/m1/s1. The zero-order valence-corrected chi connectivity index (χ0v) is 21.0. The third kappa shape index (κ3) is 5.52. The van der Waals surface area contributed by atoms with E-state index in [9.17, 15) is 18.8 Å². The summed E-state index contributed by atoms with van der Waals surface area (Å²) >= 11 is 2.66. The minimum atomic E-state index is -1.61. The predicted molar refractivity (Wildman–Crippen MR) is 132 cm³/mol. The van der Waals surface area contributed by atoms with Crippen LogP contribution < -0.4 is 0 Å². The van der Waals surface area contributed by atoms with Gasteiger partial charge in [-0.25, -0.2) is 9.18 Å². The van der Waals surface area contributed by atoms with Gasteiger partial charge in [-0.1, -0.05) is 12.1 Å². The SMILES string of the molecule is C[N+]1(CCCC(=O)c2ccc(F)cc2)CC[C@@H](OC(=O)C(OC=O)(c2cccs2)c2cccs2)C1. The van der Waals surface area contributed by atoms with E-state index in [2.05, 4.69) is 7.05 Å². The van der Waals surface area contributed by atoms with Crippen molar-refractivity contribution in [1.29, 1.82) is 0 Å². The number of likely N-dealkylation sites (N-methyl/N-ethyl adjacent to an activating group) is 1. The molecule has 0 radical (unpaired) electrons. The third-order valence-corrected chi connectivity index (χ3v) is 8.37. The molecular weight excluding hydrogens is 489 g/mol. The third-order valence-electron chi connectivity index (χ3n) is 6.43. The van der Waals surface area contributed by atoms with Crippen molar-refractivity contribution < 1.29 is 32.7 Å². The van der Waals surface area contributed by atoms with Gasteiger partial charge in [-0.15, -0.1) is 22.7 Å². The van der Waals surface area contributed by atoms with E-state index in [1.54, 1.807) is 24.3 Å². The highest BCUT2D eigenvalue weighted by molar-refractivity contribution is 7.12. The number of esters is 1. The molecule has 0 aliphatic carbocycles. The first-order chi connectivity index (χ1) is 16.9. The summed E-state index contributed by atoms with van der Waals surface area (Å²) in [5.74, 6) is -0.973. The molecule has 1 fully saturated rings. The average Bonchev–Trinajstić information content (AvgIpc) is 3.61. The molecule has 1 saturated heterocycles. The summed E-state index contributed by atoms with van der Waals surface area (Å²) in [5, 5.41) is 3.66. The Morgan fingerprint density at radius 2 is 1.77 bits per heavy atom. The number of likely N-dealkylation sites (tertiary alicyclic amines) is 1. The number of thiophene rings is 2. The van der Waals surface area contributed by atoms with Gasteiger partial charge in [0.05, 0.1) is 29.9 Å². The largest absolute Gasteiger partial charge is 0.453 e. The Morgan fingerprint density at radius 1 is 1.11 bits per heavy atom. The molecule has 35 heavy (non-hydrogen) atoms. The summed E-state index contributed by atoms with van der Waals surface area (Å²) in [6.07, 6.45) is 1.41. The van der Waals surface area contributed by atoms with E-state index in [1.807, 2.05) is 10.8 Å². The molecule has 4 rings (SSSR count). The highest BCUT2D eigenvalue weighted by atomic mass is 32.1. The van der Waals surface area contributed by atoms with Crippen LogP contribution >= 0.6 is 22.7 Å². The molecule has 1 aliphatic rings. The molecule has 0 amide bonds. The van der Waals surface area contributed by atoms with E-state index < -0.39 is 11.6 Å². The fourth-order valence-electron chi connectivity index (χ4n) is 4.58. The lowest BCUT2D eigenvalue weighted by Crippen LogP contribution is -2.45. The zero-order chi connectivity index (χ0) is 24.9. The quantitative estimate of drug-likeness (QED) is 0.159. The molecule has 2 aromatic heterocycles. The van der Waals surface area contributed by atoms with Gasteiger partial charge in [0.1, 0.15) is 12.4 Å². The minimum absolute atomic E-state index is 0.0125. The molecule has 1 aliphatic heterocycles. The maximum absolute atomic E-state index is 13.5. The highest BCUT2D eigenvalue weighted by Crippen LogP contribution is 2.40. The number of nitrogens with zero attached hydrogens (tertiary/aromatic N) is 1. The molecular formula is C26H27FNO5S2+. The molecule has 2 atom stereocenters. The lowest BCUT2D eigenvalue weighted by molar-refractivity contribution is -0.899. The van der Waals surface area contributed by atoms with Gasteiger partial charge in [0, 0.05) is 24.8 Å². The van der Waals surface area contributed by atoms with Crippen LogP contribution in [-0.4, -0.2) is 55.5 Å². The van der Waals surface area contributed by atoms with Crippen molar-refractivity contribution in [3.8, 4) is 0 Å². The van der Waals surface area contributed by atoms with Crippen molar-refractivity contribution in [3.63, 3.8) is 0 Å². The molecule has 3 aromatic rings. The van der Waals surface area contributed by atoms with Crippen LogP contribution in [0, 0.1) is 5.82 Å². The second kappa shape index (κ2) is 10.8. The van der Waals surface area contributed by atoms with Crippen LogP contribution in [0.1, 0.15) is 39.4 Å². The number of quaternary nitrogens is 1. The summed E-state index contributed by atoms with van der Waals surface area (Å²) < 4.78 is 25.2. The number of hydrogen-bond acceptors (Lipinski definition) is 7. The number of ketones is 1. The Morgan fingerprint density at radius 3 is 2.34 bits per heavy atom. The molecule has 0 saturated carbocycles. The Bertz CT molecular complexity index is 1110. The summed E-state index contributed by atoms with van der Waals surface area (Å²) in [5.41, 5.74) is -1.10. The smallest absolute Gasteiger partial charge is 0.362 e. The summed E-state index contributed by atoms with van der Waals surface area (Å²) in [4.78, 5) is 38.6. The number of carbonyl (C=O) groups is 3. The number of halogens is 1. The molecule has 0 spiro atoms. The zero-order valence-electron chi connectivity index (χ0n) is 19.4. The van der Waals surface area contributed by atoms with Gasteiger partial charge in [0.25, 0.3) is 12.1 Å². The van der Waals surface area contributed by atoms with Crippen LogP contribution in [0.3, 0.4) is 0 Å². The molecule has 1 aromatic carbocycles. The lowest BCUT2D eigenvalue weighted by atomic mass is 9.99. The molecule has 3 heterocycles. The van der Waals surface area contributed by atoms with Crippen molar-refractivity contribution in [1.82, 2.24) is 0 Å². The van der Waals surface area contributed by atoms with E-state index >= 15 is 0 Å². The molecule has 1 unspecified atom stereocenters. The van der Waals surface area contributed by atoms with E-state index in [1.165, 1.54) is 46.9 Å². The van der Waals surface area contributed by atoms with E-state index in [0.29, 0.717) is 52.1 Å². The molecule has 0 N–H and O–H groups in total. The summed E-state index contributed by atoms with van der Waals surface area (Å²) in [7, 11) is 2.09. The van der Waals surface area contributed by atoms with Gasteiger partial charge >= 0.3 is 5.97 Å². The number of ether oxygens (including phenoxy) is 2. The summed E-state index contributed by atoms with van der Waals surface area (Å²) in [6.45, 7) is 2.48. The number of benzene rings is 1. The fraction of sp³-hybridized carbons (Fsp3) is 0.346. The first-order valence-electron chi connectivity index (χ1n) is 11.4. The van der Waals surface area contributed by atoms with Crippen molar-refractivity contribution in [2.45, 2.75) is 31.0 Å². The van der Waals surface area contributed by atoms with E-state index in [0.717, 1.165) is 13.1 Å². The van der Waals surface area contributed by atoms with Crippen LogP contribution in [-0.2, 0) is 24.7 Å². The van der Waals surface area contributed by atoms with Crippen molar-refractivity contribution in [2.24, 2.45) is 0 Å². The predicted octanol–water partition coefficient (Wildman–Crippen LogP) is 4.79. The molecule has 184 valence electrons. The van der Waals surface area contributed by atoms with Gasteiger partial charge < -0.3 is 14.0 Å². The second-order valence-electron chi connectivity index (χ2n) is 8.95. The topological polar surface area (TPSA) is 69.7 Å². The van der Waals surface area contributed by atoms with Crippen molar-refractivity contribution in [3.05, 3.63) is 80.4 Å². The van der Waals surface area contributed by atoms with Crippen LogP contribution in [0.5, 0.6) is 0 Å². The lowest BCUT2D eigenvalue weighted by Gasteiger charge is -2.31. The normalized spacial score (nSPS) is 19.9. The van der Waals surface area contributed by atoms with Crippen LogP contribution in [0.15, 0.2) is 59.3 Å². The number of rotatable bonds is 11. The Balaban J connectivity index is 1.39. The number of carbonyl (C=O) groups excluding carboxylic acids is 3. The van der Waals surface area contributed by atoms with E-state index in [4.69, 9.17) is 9.47 Å². The first-order valence-corrected chi connectivity index (χ1v) is 13.1. The molecule has 0 bridgehead atoms. The highest BCUT2D eigenvalue weighted by Gasteiger charge is 2.50. The average molecular weight is 517 g/mol. The van der Waals surface area contributed by atoms with Crippen LogP contribution in [0.2, 0.25) is 0 Å². The minimum Gasteiger partial charge on any atom is -0.453 e. The van der Waals surface area contributed by atoms with E-state index in [-0.39, 0.29) is 17.7 Å². The van der Waals surface area contributed by atoms with Crippen LogP contribution in [0.4, 0.5) is 4.39 Å². The maximum Gasteiger partial charge on any atom is 0.362 e. The second-order valence-corrected chi connectivity index (χ2v) is 10.8. The Hall–Kier alpha value is -2.88. The monoisotopic (exact) mass is 516 g/mol. The first kappa shape index (κ1) is 25.2. The van der Waals surface area contributed by atoms with Gasteiger partial charge in [-0.3, -0.25) is 9.59 Å². The molecule has 6 nitrogen and oxygen atoms in total. The van der Waals surface area contributed by atoms with Crippen molar-refractivity contribution >= 4 is 40.9 Å². The van der Waals surface area contributed by atoms with Gasteiger partial charge in [-0.2, -0.15) is 0 Å². The van der Waals surface area contributed by atoms with Crippen LogP contribution in [0.25, 0.3) is 0 Å². The fourth-order valence-corrected chi connectivity index (χ4v) is 6.38. The Kier molecular flexibility index (Phi) is 7.78. The maximum atomic E-state index is 13.5. The number of Topliss-reactive ketones (excluding diaryl/α,β-unsaturated/α-hetero) is 1. The van der Waals surface area contributed by atoms with Gasteiger partial charge in [-0.05, 0) is 47.2 Å². The molecule has 9 heteroatoms. The number of hydrogen-bond donors (Lipinski definition) is 0. The van der Waals surface area contributed by atoms with Gasteiger partial charge in [0.15, 0.2) is 11.9 Å². The Labute approximate surface area is 211 Å². The van der Waals surface area contributed by atoms with Crippen molar-refractivity contribution in [2.75, 3.05) is 26.7 Å². The summed E-state index contributed by atoms with van der Waals surface area (Å²) in [6, 6.07) is 12.7. The van der Waals surface area contributed by atoms with Gasteiger partial charge in [0.2, 0.25) is 0 Å².